The summed E-state index contributed by atoms with van der Waals surface area (Å²) in [5.74, 6) is -0.318. The van der Waals surface area contributed by atoms with Crippen molar-refractivity contribution in [1.82, 2.24) is 0 Å². The van der Waals surface area contributed by atoms with Crippen LogP contribution in [0.5, 0.6) is 0 Å². The Kier molecular flexibility index (Phi) is 1.81. The summed E-state index contributed by atoms with van der Waals surface area (Å²) in [5, 5.41) is 37.5. The third kappa shape index (κ3) is 1.28. The second kappa shape index (κ2) is 2.90. The first-order chi connectivity index (χ1) is 7.08. The Balaban J connectivity index is 2.41. The van der Waals surface area contributed by atoms with E-state index in [9.17, 15) is 10.2 Å². The van der Waals surface area contributed by atoms with Gasteiger partial charge < -0.3 is 10.2 Å². The lowest BCUT2D eigenvalue weighted by atomic mass is 10.3. The molecule has 0 saturated carbocycles. The fourth-order valence-corrected chi connectivity index (χ4v) is 1.08. The molecule has 0 saturated heterocycles. The molecule has 3 N–H and O–H groups in total. The molecule has 0 fully saturated rings. The number of nitrogens with one attached hydrogen (secondary N) is 1. The minimum absolute atomic E-state index is 0.0506. The first-order valence-corrected chi connectivity index (χ1v) is 3.88. The molecular formula is C7H5N6O2+. The van der Waals surface area contributed by atoms with Gasteiger partial charge in [-0.2, -0.15) is 5.26 Å². The molecule has 0 spiro atoms. The second-order valence-electron chi connectivity index (χ2n) is 2.84. The van der Waals surface area contributed by atoms with Crippen LogP contribution in [-0.4, -0.2) is 44.9 Å². The average molecular weight is 205 g/mol. The lowest BCUT2D eigenvalue weighted by molar-refractivity contribution is -0.724. The molecule has 0 aromatic carbocycles. The summed E-state index contributed by atoms with van der Waals surface area (Å²) in [6.07, 6.45) is 0. The molecule has 0 atom stereocenters. The minimum atomic E-state index is -2.11. The van der Waals surface area contributed by atoms with Crippen molar-refractivity contribution in [3.8, 4) is 6.07 Å². The van der Waals surface area contributed by atoms with E-state index in [0.29, 0.717) is 0 Å². The molecule has 0 amide bonds. The van der Waals surface area contributed by atoms with E-state index in [1.807, 2.05) is 5.87 Å². The van der Waals surface area contributed by atoms with Crippen LogP contribution in [0.4, 0.5) is 0 Å². The van der Waals surface area contributed by atoms with Gasteiger partial charge in [-0.3, -0.25) is 5.41 Å². The van der Waals surface area contributed by atoms with Gasteiger partial charge in [0, 0.05) is 5.87 Å². The highest BCUT2D eigenvalue weighted by Crippen LogP contribution is 2.19. The molecule has 2 rings (SSSR count). The summed E-state index contributed by atoms with van der Waals surface area (Å²) in [6, 6.07) is 1.71. The third-order valence-corrected chi connectivity index (χ3v) is 1.83. The molecule has 0 bridgehead atoms. The summed E-state index contributed by atoms with van der Waals surface area (Å²) >= 11 is 0. The van der Waals surface area contributed by atoms with E-state index in [0.717, 1.165) is 4.70 Å². The summed E-state index contributed by atoms with van der Waals surface area (Å²) in [5.41, 5.74) is -0.150. The summed E-state index contributed by atoms with van der Waals surface area (Å²) in [6.45, 7) is -0.174. The molecule has 0 radical (unpaired) electrons. The molecule has 2 aliphatic heterocycles. The molecule has 0 aromatic rings. The number of allylic oxidation sites excluding steroid dienone is 1. The minimum Gasteiger partial charge on any atom is -0.333 e. The van der Waals surface area contributed by atoms with Crippen molar-refractivity contribution in [3.05, 3.63) is 5.70 Å². The third-order valence-electron chi connectivity index (χ3n) is 1.83. The van der Waals surface area contributed by atoms with Gasteiger partial charge in [-0.25, -0.2) is 0 Å². The van der Waals surface area contributed by atoms with E-state index in [1.54, 1.807) is 6.07 Å². The quantitative estimate of drug-likeness (QED) is 0.254. The van der Waals surface area contributed by atoms with Crippen LogP contribution in [0.15, 0.2) is 20.8 Å². The molecule has 8 nitrogen and oxygen atoms in total. The van der Waals surface area contributed by atoms with E-state index in [4.69, 9.17) is 10.7 Å². The Morgan fingerprint density at radius 2 is 2.20 bits per heavy atom. The van der Waals surface area contributed by atoms with E-state index in [-0.39, 0.29) is 23.9 Å². The number of azo groups is 2. The second-order valence-corrected chi connectivity index (χ2v) is 2.84. The van der Waals surface area contributed by atoms with Crippen LogP contribution in [0.3, 0.4) is 0 Å². The van der Waals surface area contributed by atoms with Crippen molar-refractivity contribution in [2.45, 2.75) is 5.91 Å². The highest BCUT2D eigenvalue weighted by atomic mass is 16.5. The van der Waals surface area contributed by atoms with Crippen molar-refractivity contribution in [2.75, 3.05) is 6.54 Å². The highest BCUT2D eigenvalue weighted by molar-refractivity contribution is 6.22. The van der Waals surface area contributed by atoms with Crippen LogP contribution in [0.25, 0.3) is 0 Å². The first-order valence-electron chi connectivity index (χ1n) is 3.88. The van der Waals surface area contributed by atoms with Gasteiger partial charge >= 0.3 is 11.9 Å². The largest absolute Gasteiger partial charge is 0.459 e. The molecule has 74 valence electrons. The molecule has 0 aliphatic carbocycles. The average Bonchev–Trinajstić information content (AvgIpc) is 2.59. The van der Waals surface area contributed by atoms with E-state index in [1.165, 1.54) is 0 Å². The van der Waals surface area contributed by atoms with E-state index >= 15 is 0 Å². The standard InChI is InChI=1S/C7H5N6O2/c8-1-4-5(2-9)12-6(11-4)13-7(14,15)3-10-13/h8,14-15H,3H2/q+1. The van der Waals surface area contributed by atoms with Crippen LogP contribution in [0.2, 0.25) is 0 Å². The zero-order chi connectivity index (χ0) is 11.1. The van der Waals surface area contributed by atoms with Crippen molar-refractivity contribution in [2.24, 2.45) is 15.1 Å². The predicted octanol–water partition coefficient (Wildman–Crippen LogP) is -1.43. The van der Waals surface area contributed by atoms with E-state index < -0.39 is 5.91 Å². The number of nitriles is 1. The predicted molar refractivity (Wildman–Crippen MR) is 46.4 cm³/mol. The zero-order valence-electron chi connectivity index (χ0n) is 7.34. The number of aliphatic hydroxyl groups is 2. The topological polar surface area (TPSA) is 128 Å². The van der Waals surface area contributed by atoms with Gasteiger partial charge in [0.05, 0.1) is 0 Å². The lowest BCUT2D eigenvalue weighted by Gasteiger charge is -2.24. The van der Waals surface area contributed by atoms with Gasteiger partial charge in [-0.15, -0.1) is 5.11 Å². The number of nitrogens with zero attached hydrogens (tertiary/aromatic N) is 5. The summed E-state index contributed by atoms with van der Waals surface area (Å²) < 4.78 is 0.772. The zero-order valence-corrected chi connectivity index (χ0v) is 7.34. The van der Waals surface area contributed by atoms with Gasteiger partial charge in [0.25, 0.3) is 11.4 Å². The number of hydrogen-bond donors (Lipinski definition) is 3. The number of aliphatic imine (C=N–C) groups is 2. The van der Waals surface area contributed by atoms with Crippen LogP contribution in [-0.2, 0) is 0 Å². The maximum absolute atomic E-state index is 9.23. The molecule has 0 unspecified atom stereocenters. The number of guanidine groups is 1. The normalized spacial score (nSPS) is 21.9. The Bertz CT molecular complexity index is 514. The summed E-state index contributed by atoms with van der Waals surface area (Å²) in [7, 11) is 0. The van der Waals surface area contributed by atoms with Gasteiger partial charge in [0.15, 0.2) is 6.54 Å². The molecule has 2 heterocycles. The molecule has 2 aliphatic rings. The van der Waals surface area contributed by atoms with Gasteiger partial charge in [0.1, 0.15) is 6.07 Å². The van der Waals surface area contributed by atoms with Gasteiger partial charge in [-0.05, 0) is 0 Å². The van der Waals surface area contributed by atoms with Crippen LogP contribution in [0.1, 0.15) is 0 Å². The maximum atomic E-state index is 9.23. The van der Waals surface area contributed by atoms with Crippen molar-refractivity contribution < 1.29 is 14.9 Å². The first kappa shape index (κ1) is 9.36. The van der Waals surface area contributed by atoms with Crippen molar-refractivity contribution >= 4 is 17.5 Å². The van der Waals surface area contributed by atoms with E-state index in [2.05, 4.69) is 15.1 Å². The van der Waals surface area contributed by atoms with Crippen LogP contribution >= 0.6 is 0 Å². The fourth-order valence-electron chi connectivity index (χ4n) is 1.08. The van der Waals surface area contributed by atoms with Gasteiger partial charge in [0.2, 0.25) is 0 Å². The molecule has 8 heteroatoms. The summed E-state index contributed by atoms with van der Waals surface area (Å²) in [4.78, 5) is 7.37. The number of rotatable bonds is 0. The molecule has 15 heavy (non-hydrogen) atoms. The molecular weight excluding hydrogens is 200 g/mol. The monoisotopic (exact) mass is 205 g/mol. The van der Waals surface area contributed by atoms with Gasteiger partial charge in [-0.1, -0.05) is 14.7 Å². The number of hydrogen-bond acceptors (Lipinski definition) is 7. The Morgan fingerprint density at radius 1 is 1.47 bits per heavy atom. The van der Waals surface area contributed by atoms with Crippen LogP contribution < -0.4 is 0 Å². The molecule has 0 aromatic heterocycles. The van der Waals surface area contributed by atoms with Crippen molar-refractivity contribution in [3.63, 3.8) is 0 Å². The SMILES string of the molecule is N#CC1=NC([N+]2=NCC2(O)O)=NC1=C=N. The Morgan fingerprint density at radius 3 is 2.53 bits per heavy atom. The Hall–Kier alpha value is -2.20. The van der Waals surface area contributed by atoms with Crippen LogP contribution in [0, 0.1) is 16.7 Å². The fraction of sp³-hybridized carbons (Fsp3) is 0.286. The smallest absolute Gasteiger partial charge is 0.333 e. The lowest BCUT2D eigenvalue weighted by Crippen LogP contribution is -2.53. The Labute approximate surface area is 83.3 Å². The van der Waals surface area contributed by atoms with Crippen molar-refractivity contribution in [1.29, 1.82) is 10.7 Å². The highest BCUT2D eigenvalue weighted by Gasteiger charge is 2.48. The maximum Gasteiger partial charge on any atom is 0.459 e.